The fourth-order valence-corrected chi connectivity index (χ4v) is 2.24. The predicted molar refractivity (Wildman–Crippen MR) is 69.2 cm³/mol. The van der Waals surface area contributed by atoms with Crippen LogP contribution in [0.5, 0.6) is 0 Å². The summed E-state index contributed by atoms with van der Waals surface area (Å²) in [5, 5.41) is 3.50. The Hall–Kier alpha value is -1.20. The van der Waals surface area contributed by atoms with Crippen LogP contribution >= 0.6 is 11.6 Å². The van der Waals surface area contributed by atoms with Crippen molar-refractivity contribution >= 4 is 23.7 Å². The summed E-state index contributed by atoms with van der Waals surface area (Å²) >= 11 is 5.95. The summed E-state index contributed by atoms with van der Waals surface area (Å²) in [6.07, 6.45) is 2.42. The first-order valence-corrected chi connectivity index (χ1v) is 6.27. The highest BCUT2D eigenvalue weighted by Gasteiger charge is 2.28. The molecule has 0 spiro atoms. The molecule has 1 fully saturated rings. The van der Waals surface area contributed by atoms with Gasteiger partial charge in [-0.1, -0.05) is 11.6 Å². The van der Waals surface area contributed by atoms with E-state index in [1.807, 2.05) is 0 Å². The Morgan fingerprint density at radius 1 is 1.39 bits per heavy atom. The second kappa shape index (κ2) is 5.20. The van der Waals surface area contributed by atoms with Gasteiger partial charge in [-0.2, -0.15) is 0 Å². The van der Waals surface area contributed by atoms with E-state index in [1.165, 1.54) is 0 Å². The van der Waals surface area contributed by atoms with Gasteiger partial charge in [-0.25, -0.2) is 9.97 Å². The fraction of sp³-hybridized carbons (Fsp3) is 0.583. The van der Waals surface area contributed by atoms with Crippen LogP contribution in [0.25, 0.3) is 0 Å². The Morgan fingerprint density at radius 2 is 2.06 bits per heavy atom. The number of ether oxygens (including phenoxy) is 1. The van der Waals surface area contributed by atoms with Crippen molar-refractivity contribution in [2.45, 2.75) is 32.2 Å². The lowest BCUT2D eigenvalue weighted by atomic mass is 9.92. The lowest BCUT2D eigenvalue weighted by Crippen LogP contribution is -2.41. The molecule has 2 heterocycles. The van der Waals surface area contributed by atoms with Crippen LogP contribution in [-0.4, -0.2) is 35.0 Å². The van der Waals surface area contributed by atoms with Crippen LogP contribution in [0, 0.1) is 6.92 Å². The maximum Gasteiger partial charge on any atom is 0.156 e. The number of aromatic nitrogens is 2. The third kappa shape index (κ3) is 2.79. The molecule has 5 nitrogen and oxygen atoms in total. The van der Waals surface area contributed by atoms with Crippen LogP contribution in [0.15, 0.2) is 0 Å². The zero-order valence-corrected chi connectivity index (χ0v) is 11.3. The molecule has 98 valence electrons. The molecular formula is C12H16ClN3O2. The van der Waals surface area contributed by atoms with Gasteiger partial charge in [0.1, 0.15) is 16.8 Å². The van der Waals surface area contributed by atoms with Gasteiger partial charge in [0.25, 0.3) is 0 Å². The summed E-state index contributed by atoms with van der Waals surface area (Å²) in [6, 6.07) is 0. The zero-order chi connectivity index (χ0) is 13.2. The molecule has 0 aliphatic carbocycles. The van der Waals surface area contributed by atoms with E-state index in [0.717, 1.165) is 12.8 Å². The van der Waals surface area contributed by atoms with Crippen molar-refractivity contribution in [1.29, 1.82) is 0 Å². The molecule has 1 aliphatic rings. The molecule has 1 aliphatic heterocycles. The van der Waals surface area contributed by atoms with Gasteiger partial charge in [0.2, 0.25) is 0 Å². The van der Waals surface area contributed by atoms with Gasteiger partial charge in [-0.15, -0.1) is 0 Å². The molecule has 1 saturated heterocycles. The van der Waals surface area contributed by atoms with Crippen molar-refractivity contribution in [2.24, 2.45) is 0 Å². The zero-order valence-electron chi connectivity index (χ0n) is 10.5. The number of halogens is 1. The minimum Gasteiger partial charge on any atom is -0.381 e. The molecule has 0 bridgehead atoms. The Bertz CT molecular complexity index is 459. The smallest absolute Gasteiger partial charge is 0.156 e. The third-order valence-corrected chi connectivity index (χ3v) is 3.43. The van der Waals surface area contributed by atoms with Gasteiger partial charge >= 0.3 is 0 Å². The van der Waals surface area contributed by atoms with E-state index >= 15 is 0 Å². The van der Waals surface area contributed by atoms with Crippen LogP contribution < -0.4 is 5.32 Å². The van der Waals surface area contributed by atoms with Crippen LogP contribution in [0.1, 0.15) is 35.9 Å². The normalized spacial score (nSPS) is 18.4. The number of hydrogen-bond acceptors (Lipinski definition) is 5. The Kier molecular flexibility index (Phi) is 3.82. The number of rotatable bonds is 3. The highest BCUT2D eigenvalue weighted by Crippen LogP contribution is 2.27. The number of carbonyl (C=O) groups excluding carboxylic acids is 1. The van der Waals surface area contributed by atoms with Gasteiger partial charge in [0, 0.05) is 18.8 Å². The maximum atomic E-state index is 11.1. The SMILES string of the molecule is Cc1nc(Cl)c(C=O)c(NC2(C)CCOCC2)n1. The van der Waals surface area contributed by atoms with Crippen molar-refractivity contribution in [1.82, 2.24) is 9.97 Å². The highest BCUT2D eigenvalue weighted by atomic mass is 35.5. The van der Waals surface area contributed by atoms with Crippen LogP contribution in [0.3, 0.4) is 0 Å². The minimum atomic E-state index is -0.125. The number of nitrogens with zero attached hydrogens (tertiary/aromatic N) is 2. The molecule has 18 heavy (non-hydrogen) atoms. The Labute approximate surface area is 111 Å². The van der Waals surface area contributed by atoms with Crippen molar-refractivity contribution in [3.63, 3.8) is 0 Å². The first-order chi connectivity index (χ1) is 8.54. The highest BCUT2D eigenvalue weighted by molar-refractivity contribution is 6.32. The number of aryl methyl sites for hydroxylation is 1. The quantitative estimate of drug-likeness (QED) is 0.673. The number of carbonyl (C=O) groups is 1. The summed E-state index contributed by atoms with van der Waals surface area (Å²) in [5.74, 6) is 1.05. The summed E-state index contributed by atoms with van der Waals surface area (Å²) in [6.45, 7) is 5.25. The summed E-state index contributed by atoms with van der Waals surface area (Å²) in [7, 11) is 0. The largest absolute Gasteiger partial charge is 0.381 e. The van der Waals surface area contributed by atoms with Crippen molar-refractivity contribution in [3.8, 4) is 0 Å². The predicted octanol–water partition coefficient (Wildman–Crippen LogP) is 2.23. The van der Waals surface area contributed by atoms with Gasteiger partial charge in [0.05, 0.1) is 5.56 Å². The van der Waals surface area contributed by atoms with E-state index in [2.05, 4.69) is 22.2 Å². The molecule has 1 N–H and O–H groups in total. The molecule has 1 aromatic heterocycles. The number of nitrogens with one attached hydrogen (secondary N) is 1. The lowest BCUT2D eigenvalue weighted by molar-refractivity contribution is 0.0657. The molecule has 0 amide bonds. The molecule has 0 saturated carbocycles. The molecule has 1 aromatic rings. The topological polar surface area (TPSA) is 64.1 Å². The number of aldehydes is 1. The Balaban J connectivity index is 2.30. The van der Waals surface area contributed by atoms with Crippen molar-refractivity contribution < 1.29 is 9.53 Å². The maximum absolute atomic E-state index is 11.1. The molecule has 2 rings (SSSR count). The van der Waals surface area contributed by atoms with Crippen LogP contribution in [0.4, 0.5) is 5.82 Å². The first-order valence-electron chi connectivity index (χ1n) is 5.89. The summed E-state index contributed by atoms with van der Waals surface area (Å²) in [5.41, 5.74) is 0.190. The van der Waals surface area contributed by atoms with Gasteiger partial charge < -0.3 is 10.1 Å². The monoisotopic (exact) mass is 269 g/mol. The van der Waals surface area contributed by atoms with E-state index in [1.54, 1.807) is 6.92 Å². The third-order valence-electron chi connectivity index (χ3n) is 3.15. The fourth-order valence-electron chi connectivity index (χ4n) is 1.98. The van der Waals surface area contributed by atoms with Crippen molar-refractivity contribution in [3.05, 3.63) is 16.5 Å². The molecule has 0 radical (unpaired) electrons. The average Bonchev–Trinajstić information content (AvgIpc) is 2.28. The standard InChI is InChI=1S/C12H16ClN3O2/c1-8-14-10(13)9(7-17)11(15-8)16-12(2)3-5-18-6-4-12/h7H,3-6H2,1-2H3,(H,14,15,16). The molecule has 0 atom stereocenters. The van der Waals surface area contributed by atoms with Crippen LogP contribution in [-0.2, 0) is 4.74 Å². The summed E-state index contributed by atoms with van der Waals surface area (Å²) < 4.78 is 5.34. The number of anilines is 1. The van der Waals surface area contributed by atoms with E-state index in [0.29, 0.717) is 36.7 Å². The van der Waals surface area contributed by atoms with Crippen LogP contribution in [0.2, 0.25) is 5.15 Å². The lowest BCUT2D eigenvalue weighted by Gasteiger charge is -2.35. The van der Waals surface area contributed by atoms with E-state index in [4.69, 9.17) is 16.3 Å². The van der Waals surface area contributed by atoms with E-state index in [9.17, 15) is 4.79 Å². The molecular weight excluding hydrogens is 254 g/mol. The summed E-state index contributed by atoms with van der Waals surface area (Å²) in [4.78, 5) is 19.3. The first kappa shape index (κ1) is 13.2. The van der Waals surface area contributed by atoms with E-state index < -0.39 is 0 Å². The Morgan fingerprint density at radius 3 is 2.67 bits per heavy atom. The van der Waals surface area contributed by atoms with Gasteiger partial charge in [-0.3, -0.25) is 4.79 Å². The second-order valence-electron chi connectivity index (χ2n) is 4.74. The van der Waals surface area contributed by atoms with Crippen molar-refractivity contribution in [2.75, 3.05) is 18.5 Å². The molecule has 6 heteroatoms. The molecule has 0 aromatic carbocycles. The average molecular weight is 270 g/mol. The van der Waals surface area contributed by atoms with Gasteiger partial charge in [-0.05, 0) is 26.7 Å². The van der Waals surface area contributed by atoms with E-state index in [-0.39, 0.29) is 10.7 Å². The second-order valence-corrected chi connectivity index (χ2v) is 5.10. The molecule has 0 unspecified atom stereocenters. The number of hydrogen-bond donors (Lipinski definition) is 1. The minimum absolute atomic E-state index is 0.125. The van der Waals surface area contributed by atoms with Gasteiger partial charge in [0.15, 0.2) is 6.29 Å².